The second kappa shape index (κ2) is 5.18. The van der Waals surface area contributed by atoms with Crippen molar-refractivity contribution in [1.29, 1.82) is 0 Å². The number of hydrogen-bond acceptors (Lipinski definition) is 2. The van der Waals surface area contributed by atoms with Crippen LogP contribution in [0.3, 0.4) is 0 Å². The number of halogens is 3. The van der Waals surface area contributed by atoms with E-state index in [1.165, 1.54) is 30.3 Å². The lowest BCUT2D eigenvalue weighted by Crippen LogP contribution is -2.21. The highest BCUT2D eigenvalue weighted by Gasteiger charge is 2.21. The highest BCUT2D eigenvalue weighted by atomic mass is 19.1. The number of nitrogens with zero attached hydrogens (tertiary/aromatic N) is 1. The van der Waals surface area contributed by atoms with Crippen LogP contribution in [-0.4, -0.2) is 12.0 Å². The van der Waals surface area contributed by atoms with Crippen LogP contribution >= 0.6 is 0 Å². The molecule has 1 atom stereocenters. The number of aromatic nitrogens is 1. The van der Waals surface area contributed by atoms with Gasteiger partial charge < -0.3 is 5.32 Å². The number of pyridine rings is 1. The van der Waals surface area contributed by atoms with Crippen molar-refractivity contribution < 1.29 is 13.2 Å². The lowest BCUT2D eigenvalue weighted by molar-refractivity contribution is 0.516. The van der Waals surface area contributed by atoms with Crippen molar-refractivity contribution in [2.45, 2.75) is 6.04 Å². The van der Waals surface area contributed by atoms with Crippen molar-refractivity contribution in [3.05, 3.63) is 65.2 Å². The Morgan fingerprint density at radius 3 is 2.22 bits per heavy atom. The first-order chi connectivity index (χ1) is 8.63. The van der Waals surface area contributed by atoms with Crippen molar-refractivity contribution in [1.82, 2.24) is 10.3 Å². The summed E-state index contributed by atoms with van der Waals surface area (Å²) in [7, 11) is 1.56. The van der Waals surface area contributed by atoms with Crippen LogP contribution in [0, 0.1) is 17.5 Å². The summed E-state index contributed by atoms with van der Waals surface area (Å²) in [5.74, 6) is -1.83. The minimum Gasteiger partial charge on any atom is -0.308 e. The van der Waals surface area contributed by atoms with E-state index in [1.807, 2.05) is 0 Å². The van der Waals surface area contributed by atoms with Gasteiger partial charge >= 0.3 is 0 Å². The fourth-order valence-corrected chi connectivity index (χ4v) is 1.78. The van der Waals surface area contributed by atoms with Crippen molar-refractivity contribution in [2.24, 2.45) is 0 Å². The molecular weight excluding hydrogens is 241 g/mol. The molecule has 1 aromatic carbocycles. The van der Waals surface area contributed by atoms with Gasteiger partial charge in [0.1, 0.15) is 17.5 Å². The Labute approximate surface area is 102 Å². The summed E-state index contributed by atoms with van der Waals surface area (Å²) in [6.07, 6.45) is 1.01. The van der Waals surface area contributed by atoms with Crippen LogP contribution in [-0.2, 0) is 0 Å². The van der Waals surface area contributed by atoms with Gasteiger partial charge in [-0.1, -0.05) is 6.07 Å². The van der Waals surface area contributed by atoms with Crippen molar-refractivity contribution in [3.8, 4) is 0 Å². The van der Waals surface area contributed by atoms with E-state index in [1.54, 1.807) is 7.05 Å². The summed E-state index contributed by atoms with van der Waals surface area (Å²) in [6, 6.07) is 5.47. The number of benzene rings is 1. The van der Waals surface area contributed by atoms with E-state index in [4.69, 9.17) is 0 Å². The molecular formula is C13H11F3N2. The molecule has 2 rings (SSSR count). The van der Waals surface area contributed by atoms with Gasteiger partial charge in [-0.15, -0.1) is 0 Å². The van der Waals surface area contributed by atoms with Gasteiger partial charge in [0, 0.05) is 5.56 Å². The highest BCUT2D eigenvalue weighted by Crippen LogP contribution is 2.25. The second-order valence-corrected chi connectivity index (χ2v) is 3.76. The molecule has 0 aliphatic heterocycles. The molecule has 2 nitrogen and oxygen atoms in total. The van der Waals surface area contributed by atoms with Gasteiger partial charge in [0.15, 0.2) is 0 Å². The molecule has 0 aliphatic rings. The van der Waals surface area contributed by atoms with E-state index in [2.05, 4.69) is 10.3 Å². The van der Waals surface area contributed by atoms with Crippen molar-refractivity contribution in [3.63, 3.8) is 0 Å². The molecule has 0 bridgehead atoms. The SMILES string of the molecule is CNC(c1ccc(F)cn1)c1c(F)cccc1F. The standard InChI is InChI=1S/C13H11F3N2/c1-17-13(11-6-5-8(14)7-18-11)12-9(15)3-2-4-10(12)16/h2-7,13,17H,1H3. The van der Waals surface area contributed by atoms with E-state index >= 15 is 0 Å². The Balaban J connectivity index is 2.48. The average molecular weight is 252 g/mol. The fourth-order valence-electron chi connectivity index (χ4n) is 1.78. The third-order valence-electron chi connectivity index (χ3n) is 2.62. The fraction of sp³-hybridized carbons (Fsp3) is 0.154. The zero-order chi connectivity index (χ0) is 13.1. The number of rotatable bonds is 3. The maximum Gasteiger partial charge on any atom is 0.141 e. The normalized spacial score (nSPS) is 12.4. The molecule has 1 N–H and O–H groups in total. The van der Waals surface area contributed by atoms with Crippen LogP contribution in [0.15, 0.2) is 36.5 Å². The average Bonchev–Trinajstić information content (AvgIpc) is 2.35. The van der Waals surface area contributed by atoms with Crippen LogP contribution in [0.25, 0.3) is 0 Å². The quantitative estimate of drug-likeness (QED) is 0.908. The topological polar surface area (TPSA) is 24.9 Å². The van der Waals surface area contributed by atoms with Crippen LogP contribution in [0.2, 0.25) is 0 Å². The second-order valence-electron chi connectivity index (χ2n) is 3.76. The molecule has 0 radical (unpaired) electrons. The smallest absolute Gasteiger partial charge is 0.141 e. The monoisotopic (exact) mass is 252 g/mol. The van der Waals surface area contributed by atoms with Gasteiger partial charge in [0.05, 0.1) is 17.9 Å². The van der Waals surface area contributed by atoms with Gasteiger partial charge in [-0.2, -0.15) is 0 Å². The first-order valence-corrected chi connectivity index (χ1v) is 5.36. The Morgan fingerprint density at radius 1 is 1.06 bits per heavy atom. The van der Waals surface area contributed by atoms with Gasteiger partial charge in [-0.05, 0) is 31.3 Å². The van der Waals surface area contributed by atoms with Crippen molar-refractivity contribution >= 4 is 0 Å². The predicted molar refractivity (Wildman–Crippen MR) is 61.5 cm³/mol. The summed E-state index contributed by atoms with van der Waals surface area (Å²) in [6.45, 7) is 0. The molecule has 18 heavy (non-hydrogen) atoms. The van der Waals surface area contributed by atoms with E-state index in [9.17, 15) is 13.2 Å². The van der Waals surface area contributed by atoms with Crippen LogP contribution in [0.5, 0.6) is 0 Å². The molecule has 1 unspecified atom stereocenters. The molecule has 0 amide bonds. The minimum absolute atomic E-state index is 0.126. The third-order valence-corrected chi connectivity index (χ3v) is 2.62. The highest BCUT2D eigenvalue weighted by molar-refractivity contribution is 5.30. The van der Waals surface area contributed by atoms with Crippen LogP contribution in [0.1, 0.15) is 17.3 Å². The van der Waals surface area contributed by atoms with Crippen LogP contribution < -0.4 is 5.32 Å². The lowest BCUT2D eigenvalue weighted by atomic mass is 10.0. The maximum atomic E-state index is 13.7. The number of nitrogens with one attached hydrogen (secondary N) is 1. The lowest BCUT2D eigenvalue weighted by Gasteiger charge is -2.17. The first kappa shape index (κ1) is 12.6. The van der Waals surface area contributed by atoms with E-state index in [-0.39, 0.29) is 5.56 Å². The van der Waals surface area contributed by atoms with Gasteiger partial charge in [-0.3, -0.25) is 4.98 Å². The molecule has 2 aromatic rings. The zero-order valence-corrected chi connectivity index (χ0v) is 9.62. The molecule has 0 spiro atoms. The summed E-state index contributed by atoms with van der Waals surface area (Å²) in [4.78, 5) is 3.84. The summed E-state index contributed by atoms with van der Waals surface area (Å²) in [5.41, 5.74) is 0.224. The molecule has 94 valence electrons. The van der Waals surface area contributed by atoms with Gasteiger partial charge in [0.2, 0.25) is 0 Å². The molecule has 0 aliphatic carbocycles. The van der Waals surface area contributed by atoms with E-state index in [0.29, 0.717) is 5.69 Å². The zero-order valence-electron chi connectivity index (χ0n) is 9.62. The summed E-state index contributed by atoms with van der Waals surface area (Å²) < 4.78 is 40.1. The largest absolute Gasteiger partial charge is 0.308 e. The Kier molecular flexibility index (Phi) is 3.62. The molecule has 1 aromatic heterocycles. The number of hydrogen-bond donors (Lipinski definition) is 1. The molecule has 0 fully saturated rings. The Hall–Kier alpha value is -1.88. The summed E-state index contributed by atoms with van der Waals surface area (Å²) in [5, 5.41) is 2.77. The van der Waals surface area contributed by atoms with Crippen molar-refractivity contribution in [2.75, 3.05) is 7.05 Å². The van der Waals surface area contributed by atoms with Gasteiger partial charge in [0.25, 0.3) is 0 Å². The predicted octanol–water partition coefficient (Wildman–Crippen LogP) is 2.81. The Morgan fingerprint density at radius 2 is 1.72 bits per heavy atom. The Bertz CT molecular complexity index is 520. The van der Waals surface area contributed by atoms with Gasteiger partial charge in [-0.25, -0.2) is 13.2 Å². The third kappa shape index (κ3) is 2.36. The molecule has 0 saturated carbocycles. The molecule has 0 saturated heterocycles. The minimum atomic E-state index is -0.758. The maximum absolute atomic E-state index is 13.7. The van der Waals surface area contributed by atoms with Crippen LogP contribution in [0.4, 0.5) is 13.2 Å². The first-order valence-electron chi connectivity index (χ1n) is 5.36. The molecule has 5 heteroatoms. The summed E-state index contributed by atoms with van der Waals surface area (Å²) >= 11 is 0. The van der Waals surface area contributed by atoms with E-state index < -0.39 is 23.5 Å². The van der Waals surface area contributed by atoms with E-state index in [0.717, 1.165) is 6.20 Å². The molecule has 1 heterocycles.